The van der Waals surface area contributed by atoms with Gasteiger partial charge in [0.25, 0.3) is 0 Å². The Morgan fingerprint density at radius 1 is 1.43 bits per heavy atom. The maximum atomic E-state index is 11.7. The molecule has 1 unspecified atom stereocenters. The lowest BCUT2D eigenvalue weighted by atomic mass is 9.89. The van der Waals surface area contributed by atoms with E-state index in [-0.39, 0.29) is 12.5 Å². The summed E-state index contributed by atoms with van der Waals surface area (Å²) in [5, 5.41) is 16.2. The highest BCUT2D eigenvalue weighted by Crippen LogP contribution is 2.20. The standard InChI is InChI=1S/C13H19N3O4S/c1-7-6-21-10(14-7)8(2)15-12(20)16-9(17)5-13(3,4)11(18)19/h6,8H,5H2,1-4H3,(H,18,19)(H2,15,16,17,20). The molecule has 3 amide bonds. The van der Waals surface area contributed by atoms with Crippen LogP contribution in [-0.2, 0) is 9.59 Å². The lowest BCUT2D eigenvalue weighted by molar-refractivity contribution is -0.149. The van der Waals surface area contributed by atoms with E-state index in [1.54, 1.807) is 6.92 Å². The lowest BCUT2D eigenvalue weighted by Crippen LogP contribution is -2.42. The minimum Gasteiger partial charge on any atom is -0.481 e. The van der Waals surface area contributed by atoms with E-state index in [9.17, 15) is 14.4 Å². The van der Waals surface area contributed by atoms with Crippen LogP contribution in [0, 0.1) is 12.3 Å². The summed E-state index contributed by atoms with van der Waals surface area (Å²) in [6, 6.07) is -0.995. The second-order valence-electron chi connectivity index (χ2n) is 5.44. The highest BCUT2D eigenvalue weighted by Gasteiger charge is 2.30. The largest absolute Gasteiger partial charge is 0.481 e. The van der Waals surface area contributed by atoms with E-state index >= 15 is 0 Å². The summed E-state index contributed by atoms with van der Waals surface area (Å²) in [6.07, 6.45) is -0.277. The smallest absolute Gasteiger partial charge is 0.321 e. The maximum absolute atomic E-state index is 11.7. The highest BCUT2D eigenvalue weighted by atomic mass is 32.1. The van der Waals surface area contributed by atoms with Gasteiger partial charge in [-0.3, -0.25) is 14.9 Å². The summed E-state index contributed by atoms with van der Waals surface area (Å²) in [4.78, 5) is 38.5. The Kier molecular flexibility index (Phi) is 5.42. The quantitative estimate of drug-likeness (QED) is 0.768. The molecule has 1 heterocycles. The van der Waals surface area contributed by atoms with Crippen LogP contribution in [0.5, 0.6) is 0 Å². The Labute approximate surface area is 126 Å². The fraction of sp³-hybridized carbons (Fsp3) is 0.538. The molecule has 0 aliphatic carbocycles. The molecular weight excluding hydrogens is 294 g/mol. The molecule has 0 radical (unpaired) electrons. The monoisotopic (exact) mass is 313 g/mol. The van der Waals surface area contributed by atoms with Crippen molar-refractivity contribution in [2.75, 3.05) is 0 Å². The van der Waals surface area contributed by atoms with Crippen molar-refractivity contribution < 1.29 is 19.5 Å². The van der Waals surface area contributed by atoms with E-state index in [2.05, 4.69) is 15.6 Å². The fourth-order valence-corrected chi connectivity index (χ4v) is 2.32. The second-order valence-corrected chi connectivity index (χ2v) is 6.33. The van der Waals surface area contributed by atoms with E-state index in [1.807, 2.05) is 12.3 Å². The predicted molar refractivity (Wildman–Crippen MR) is 78.0 cm³/mol. The maximum Gasteiger partial charge on any atom is 0.321 e. The first-order valence-electron chi connectivity index (χ1n) is 6.37. The molecule has 0 aliphatic heterocycles. The number of nitrogens with zero attached hydrogens (tertiary/aromatic N) is 1. The molecule has 1 rings (SSSR count). The van der Waals surface area contributed by atoms with Gasteiger partial charge in [0.1, 0.15) is 5.01 Å². The third kappa shape index (κ3) is 5.14. The number of carboxylic acid groups (broad SMARTS) is 1. The van der Waals surface area contributed by atoms with Gasteiger partial charge in [0.05, 0.1) is 11.5 Å². The Bertz CT molecular complexity index is 553. The van der Waals surface area contributed by atoms with Gasteiger partial charge in [0.15, 0.2) is 0 Å². The molecule has 1 atom stereocenters. The number of thiazole rings is 1. The van der Waals surface area contributed by atoms with Gasteiger partial charge in [-0.05, 0) is 27.7 Å². The number of aryl methyl sites for hydroxylation is 1. The Hall–Kier alpha value is -1.96. The van der Waals surface area contributed by atoms with Crippen LogP contribution < -0.4 is 10.6 Å². The summed E-state index contributed by atoms with van der Waals surface area (Å²) in [7, 11) is 0. The second kappa shape index (κ2) is 6.66. The summed E-state index contributed by atoms with van der Waals surface area (Å²) in [6.45, 7) is 6.45. The van der Waals surface area contributed by atoms with E-state index in [4.69, 9.17) is 5.11 Å². The number of hydrogen-bond donors (Lipinski definition) is 3. The van der Waals surface area contributed by atoms with Gasteiger partial charge in [-0.15, -0.1) is 11.3 Å². The number of carbonyl (C=O) groups is 3. The number of imide groups is 1. The first kappa shape index (κ1) is 17.1. The molecular formula is C13H19N3O4S. The van der Waals surface area contributed by atoms with Gasteiger partial charge in [0, 0.05) is 17.5 Å². The molecule has 0 bridgehead atoms. The van der Waals surface area contributed by atoms with E-state index < -0.39 is 23.3 Å². The average molecular weight is 313 g/mol. The van der Waals surface area contributed by atoms with Crippen molar-refractivity contribution in [2.45, 2.75) is 40.2 Å². The molecule has 116 valence electrons. The topological polar surface area (TPSA) is 108 Å². The molecule has 0 saturated heterocycles. The van der Waals surface area contributed by atoms with Crippen LogP contribution in [0.4, 0.5) is 4.79 Å². The van der Waals surface area contributed by atoms with E-state index in [1.165, 1.54) is 25.2 Å². The molecule has 0 fully saturated rings. The minimum absolute atomic E-state index is 0.277. The number of amides is 3. The van der Waals surface area contributed by atoms with Crippen LogP contribution in [0.25, 0.3) is 0 Å². The van der Waals surface area contributed by atoms with Crippen molar-refractivity contribution >= 4 is 29.2 Å². The van der Waals surface area contributed by atoms with Gasteiger partial charge in [0.2, 0.25) is 5.91 Å². The molecule has 8 heteroatoms. The first-order valence-corrected chi connectivity index (χ1v) is 7.25. The molecule has 0 aliphatic rings. The van der Waals surface area contributed by atoms with Gasteiger partial charge in [-0.25, -0.2) is 9.78 Å². The SMILES string of the molecule is Cc1csc(C(C)NC(=O)NC(=O)CC(C)(C)C(=O)O)n1. The van der Waals surface area contributed by atoms with E-state index in [0.717, 1.165) is 10.7 Å². The number of aliphatic carboxylic acids is 1. The highest BCUT2D eigenvalue weighted by molar-refractivity contribution is 7.09. The normalized spacial score (nSPS) is 12.6. The summed E-state index contributed by atoms with van der Waals surface area (Å²) >= 11 is 1.42. The van der Waals surface area contributed by atoms with Crippen molar-refractivity contribution in [1.82, 2.24) is 15.6 Å². The van der Waals surface area contributed by atoms with Crippen molar-refractivity contribution in [3.8, 4) is 0 Å². The molecule has 0 saturated carbocycles. The van der Waals surface area contributed by atoms with Crippen LogP contribution in [0.2, 0.25) is 0 Å². The van der Waals surface area contributed by atoms with E-state index in [0.29, 0.717) is 0 Å². The van der Waals surface area contributed by atoms with Gasteiger partial charge < -0.3 is 10.4 Å². The number of rotatable bonds is 5. The third-order valence-corrected chi connectivity index (χ3v) is 3.93. The zero-order valence-electron chi connectivity index (χ0n) is 12.4. The fourth-order valence-electron chi connectivity index (χ4n) is 1.51. The van der Waals surface area contributed by atoms with Crippen molar-refractivity contribution in [1.29, 1.82) is 0 Å². The molecule has 7 nitrogen and oxygen atoms in total. The zero-order chi connectivity index (χ0) is 16.2. The van der Waals surface area contributed by atoms with Crippen LogP contribution >= 0.6 is 11.3 Å². The Morgan fingerprint density at radius 2 is 2.05 bits per heavy atom. The van der Waals surface area contributed by atoms with Crippen molar-refractivity contribution in [3.05, 3.63) is 16.1 Å². The van der Waals surface area contributed by atoms with Crippen LogP contribution in [0.3, 0.4) is 0 Å². The van der Waals surface area contributed by atoms with Crippen LogP contribution in [-0.4, -0.2) is 28.0 Å². The molecule has 0 spiro atoms. The number of carboxylic acids is 1. The molecule has 1 aromatic heterocycles. The summed E-state index contributed by atoms with van der Waals surface area (Å²) < 4.78 is 0. The number of aromatic nitrogens is 1. The first-order chi connectivity index (χ1) is 9.61. The number of hydrogen-bond acceptors (Lipinski definition) is 5. The molecule has 1 aromatic rings. The van der Waals surface area contributed by atoms with Crippen LogP contribution in [0.15, 0.2) is 5.38 Å². The number of urea groups is 1. The molecule has 21 heavy (non-hydrogen) atoms. The minimum atomic E-state index is -1.22. The molecule has 0 aromatic carbocycles. The Balaban J connectivity index is 2.50. The summed E-state index contributed by atoms with van der Waals surface area (Å²) in [5.41, 5.74) is -0.356. The van der Waals surface area contributed by atoms with Crippen molar-refractivity contribution in [2.24, 2.45) is 5.41 Å². The average Bonchev–Trinajstić information content (AvgIpc) is 2.74. The third-order valence-electron chi connectivity index (χ3n) is 2.79. The van der Waals surface area contributed by atoms with Gasteiger partial charge >= 0.3 is 12.0 Å². The molecule has 3 N–H and O–H groups in total. The number of nitrogens with one attached hydrogen (secondary N) is 2. The number of carbonyl (C=O) groups excluding carboxylic acids is 2. The van der Waals surface area contributed by atoms with Crippen molar-refractivity contribution in [3.63, 3.8) is 0 Å². The van der Waals surface area contributed by atoms with Crippen LogP contribution in [0.1, 0.15) is 43.9 Å². The van der Waals surface area contributed by atoms with Gasteiger partial charge in [-0.1, -0.05) is 0 Å². The Morgan fingerprint density at radius 3 is 2.52 bits per heavy atom. The van der Waals surface area contributed by atoms with Gasteiger partial charge in [-0.2, -0.15) is 0 Å². The zero-order valence-corrected chi connectivity index (χ0v) is 13.2. The lowest BCUT2D eigenvalue weighted by Gasteiger charge is -2.18. The predicted octanol–water partition coefficient (Wildman–Crippen LogP) is 1.84. The summed E-state index contributed by atoms with van der Waals surface area (Å²) in [5.74, 6) is -1.73.